The van der Waals surface area contributed by atoms with Crippen molar-refractivity contribution in [3.63, 3.8) is 0 Å². The maximum atomic E-state index is 12.0. The van der Waals surface area contributed by atoms with Gasteiger partial charge in [0.05, 0.1) is 13.2 Å². The molecule has 6 nitrogen and oxygen atoms in total. The van der Waals surface area contributed by atoms with E-state index in [0.29, 0.717) is 26.1 Å². The minimum Gasteiger partial charge on any atom is -0.457 e. The van der Waals surface area contributed by atoms with Gasteiger partial charge < -0.3 is 18.9 Å². The first-order valence-electron chi connectivity index (χ1n) is 10.3. The van der Waals surface area contributed by atoms with Crippen molar-refractivity contribution in [2.45, 2.75) is 102 Å². The lowest BCUT2D eigenvalue weighted by Crippen LogP contribution is -2.35. The van der Waals surface area contributed by atoms with E-state index in [1.165, 1.54) is 0 Å². The van der Waals surface area contributed by atoms with E-state index in [0.717, 1.165) is 51.4 Å². The van der Waals surface area contributed by atoms with Crippen molar-refractivity contribution in [1.29, 1.82) is 0 Å². The number of carbonyl (C=O) groups is 2. The Bertz CT molecular complexity index is 398. The maximum absolute atomic E-state index is 12.0. The van der Waals surface area contributed by atoms with Crippen molar-refractivity contribution in [1.82, 2.24) is 0 Å². The van der Waals surface area contributed by atoms with Gasteiger partial charge in [-0.1, -0.05) is 52.4 Å². The fourth-order valence-corrected chi connectivity index (χ4v) is 3.48. The van der Waals surface area contributed by atoms with E-state index < -0.39 is 12.2 Å². The van der Waals surface area contributed by atoms with Crippen molar-refractivity contribution in [2.24, 2.45) is 0 Å². The molecule has 2 fully saturated rings. The number of esters is 2. The van der Waals surface area contributed by atoms with Gasteiger partial charge in [0.1, 0.15) is 12.2 Å². The van der Waals surface area contributed by atoms with Crippen molar-refractivity contribution in [3.05, 3.63) is 0 Å². The summed E-state index contributed by atoms with van der Waals surface area (Å²) in [5, 5.41) is 0. The van der Waals surface area contributed by atoms with Crippen LogP contribution in [0.5, 0.6) is 0 Å². The highest BCUT2D eigenvalue weighted by molar-refractivity contribution is 5.70. The van der Waals surface area contributed by atoms with Crippen LogP contribution in [0.4, 0.5) is 0 Å². The maximum Gasteiger partial charge on any atom is 0.306 e. The Hall–Kier alpha value is -1.14. The van der Waals surface area contributed by atoms with Crippen molar-refractivity contribution in [3.8, 4) is 0 Å². The molecule has 150 valence electrons. The van der Waals surface area contributed by atoms with E-state index in [9.17, 15) is 9.59 Å². The Balaban J connectivity index is 1.68. The van der Waals surface area contributed by atoms with Gasteiger partial charge in [-0.3, -0.25) is 9.59 Å². The highest BCUT2D eigenvalue weighted by Crippen LogP contribution is 2.31. The normalized spacial score (nSPS) is 27.3. The molecule has 0 aliphatic carbocycles. The average Bonchev–Trinajstić information content (AvgIpc) is 3.20. The summed E-state index contributed by atoms with van der Waals surface area (Å²) in [4.78, 5) is 23.9. The number of carbonyl (C=O) groups excluding carboxylic acids is 2. The molecule has 0 saturated carbocycles. The van der Waals surface area contributed by atoms with Crippen LogP contribution < -0.4 is 0 Å². The molecule has 0 aromatic heterocycles. The van der Waals surface area contributed by atoms with Gasteiger partial charge >= 0.3 is 11.9 Å². The first-order valence-corrected chi connectivity index (χ1v) is 10.3. The summed E-state index contributed by atoms with van der Waals surface area (Å²) < 4.78 is 22.5. The van der Waals surface area contributed by atoms with Crippen LogP contribution in [0.25, 0.3) is 0 Å². The van der Waals surface area contributed by atoms with Crippen LogP contribution in [0.1, 0.15) is 78.1 Å². The van der Waals surface area contributed by atoms with Gasteiger partial charge in [-0.15, -0.1) is 0 Å². The number of hydrogen-bond donors (Lipinski definition) is 0. The molecule has 4 atom stereocenters. The second kappa shape index (κ2) is 11.5. The first-order chi connectivity index (χ1) is 12.7. The van der Waals surface area contributed by atoms with Gasteiger partial charge in [0.25, 0.3) is 0 Å². The third-order valence-corrected chi connectivity index (χ3v) is 5.00. The van der Waals surface area contributed by atoms with Crippen LogP contribution in [0.15, 0.2) is 0 Å². The SMILES string of the molecule is CCCCCCC(=O)O[C@H]1CO[C@H]2[C@@H]1OC[C@H]2OC(=O)CCCCCC. The van der Waals surface area contributed by atoms with Gasteiger partial charge in [0, 0.05) is 12.8 Å². The quantitative estimate of drug-likeness (QED) is 0.386. The molecule has 0 amide bonds. The van der Waals surface area contributed by atoms with E-state index in [4.69, 9.17) is 18.9 Å². The smallest absolute Gasteiger partial charge is 0.306 e. The highest BCUT2D eigenvalue weighted by Gasteiger charge is 2.51. The lowest BCUT2D eigenvalue weighted by atomic mass is 10.1. The lowest BCUT2D eigenvalue weighted by Gasteiger charge is -2.17. The standard InChI is InChI=1S/C20H34O6/c1-3-5-7-9-11-17(21)25-15-13-23-20-16(14-24-19(15)20)26-18(22)12-10-8-6-4-2/h15-16,19-20H,3-14H2,1-2H3/t15-,16+,19-,20-/m1/s1. The summed E-state index contributed by atoms with van der Waals surface area (Å²) >= 11 is 0. The minimum atomic E-state index is -0.396. The van der Waals surface area contributed by atoms with E-state index in [1.54, 1.807) is 0 Å². The predicted octanol–water partition coefficient (Wildman–Crippen LogP) is 3.55. The Morgan fingerprint density at radius 2 is 1.15 bits per heavy atom. The third kappa shape index (κ3) is 6.54. The van der Waals surface area contributed by atoms with Gasteiger partial charge in [0.2, 0.25) is 0 Å². The van der Waals surface area contributed by atoms with Crippen molar-refractivity contribution in [2.75, 3.05) is 13.2 Å². The largest absolute Gasteiger partial charge is 0.457 e. The lowest BCUT2D eigenvalue weighted by molar-refractivity contribution is -0.155. The Morgan fingerprint density at radius 3 is 1.54 bits per heavy atom. The number of unbranched alkanes of at least 4 members (excludes halogenated alkanes) is 6. The first kappa shape index (κ1) is 21.2. The average molecular weight is 370 g/mol. The van der Waals surface area contributed by atoms with E-state index in [-0.39, 0.29) is 24.1 Å². The second-order valence-corrected chi connectivity index (χ2v) is 7.27. The van der Waals surface area contributed by atoms with E-state index in [2.05, 4.69) is 13.8 Å². The third-order valence-electron chi connectivity index (χ3n) is 5.00. The highest BCUT2D eigenvalue weighted by atomic mass is 16.7. The van der Waals surface area contributed by atoms with E-state index in [1.807, 2.05) is 0 Å². The van der Waals surface area contributed by atoms with Crippen LogP contribution >= 0.6 is 0 Å². The van der Waals surface area contributed by atoms with Crippen molar-refractivity contribution < 1.29 is 28.5 Å². The molecule has 2 aliphatic heterocycles. The Kier molecular flexibility index (Phi) is 9.40. The molecule has 2 saturated heterocycles. The molecule has 0 unspecified atom stereocenters. The fraction of sp³-hybridized carbons (Fsp3) is 0.900. The summed E-state index contributed by atoms with van der Waals surface area (Å²) in [5.41, 5.74) is 0. The van der Waals surface area contributed by atoms with Crippen LogP contribution in [0, 0.1) is 0 Å². The molecule has 0 aromatic rings. The zero-order valence-corrected chi connectivity index (χ0v) is 16.2. The summed E-state index contributed by atoms with van der Waals surface area (Å²) in [6.07, 6.45) is 7.78. The molecule has 6 heteroatoms. The van der Waals surface area contributed by atoms with Gasteiger partial charge in [-0.25, -0.2) is 0 Å². The number of rotatable bonds is 12. The van der Waals surface area contributed by atoms with Gasteiger partial charge in [-0.2, -0.15) is 0 Å². The number of ether oxygens (including phenoxy) is 4. The number of hydrogen-bond acceptors (Lipinski definition) is 6. The molecule has 0 radical (unpaired) electrons. The molecule has 0 spiro atoms. The summed E-state index contributed by atoms with van der Waals surface area (Å²) in [5.74, 6) is -0.398. The predicted molar refractivity (Wildman–Crippen MR) is 96.8 cm³/mol. The Labute approximate surface area is 156 Å². The molecule has 26 heavy (non-hydrogen) atoms. The van der Waals surface area contributed by atoms with Crippen molar-refractivity contribution >= 4 is 11.9 Å². The summed E-state index contributed by atoms with van der Waals surface area (Å²) in [7, 11) is 0. The zero-order valence-electron chi connectivity index (χ0n) is 16.2. The van der Waals surface area contributed by atoms with Crippen LogP contribution in [0.3, 0.4) is 0 Å². The molecule has 2 heterocycles. The van der Waals surface area contributed by atoms with Gasteiger partial charge in [-0.05, 0) is 12.8 Å². The molecular formula is C20H34O6. The Morgan fingerprint density at radius 1 is 0.731 bits per heavy atom. The van der Waals surface area contributed by atoms with Gasteiger partial charge in [0.15, 0.2) is 12.2 Å². The number of fused-ring (bicyclic) bond motifs is 1. The molecule has 0 bridgehead atoms. The summed E-state index contributed by atoms with van der Waals surface area (Å²) in [6.45, 7) is 4.89. The zero-order chi connectivity index (χ0) is 18.8. The van der Waals surface area contributed by atoms with E-state index >= 15 is 0 Å². The monoisotopic (exact) mass is 370 g/mol. The van der Waals surface area contributed by atoms with Crippen LogP contribution in [0.2, 0.25) is 0 Å². The minimum absolute atomic E-state index is 0.199. The molecular weight excluding hydrogens is 336 g/mol. The van der Waals surface area contributed by atoms with Crippen LogP contribution in [-0.2, 0) is 28.5 Å². The summed E-state index contributed by atoms with van der Waals surface area (Å²) in [6, 6.07) is 0. The second-order valence-electron chi connectivity index (χ2n) is 7.27. The topological polar surface area (TPSA) is 71.1 Å². The molecule has 2 rings (SSSR count). The molecule has 2 aliphatic rings. The van der Waals surface area contributed by atoms with Crippen LogP contribution in [-0.4, -0.2) is 49.6 Å². The molecule has 0 aromatic carbocycles. The fourth-order valence-electron chi connectivity index (χ4n) is 3.48. The molecule has 0 N–H and O–H groups in total.